The van der Waals surface area contributed by atoms with E-state index in [1.807, 2.05) is 52.0 Å². The molecule has 4 atom stereocenters. The minimum atomic E-state index is -1.16. The Balaban J connectivity index is 1.75. The lowest BCUT2D eigenvalue weighted by atomic mass is 9.93. The van der Waals surface area contributed by atoms with Gasteiger partial charge in [0.15, 0.2) is 0 Å². The fraction of sp³-hybridized carbons (Fsp3) is 0.510. The first-order valence-corrected chi connectivity index (χ1v) is 22.3. The van der Waals surface area contributed by atoms with Gasteiger partial charge in [-0.05, 0) is 83.6 Å². The average molecular weight is 909 g/mol. The van der Waals surface area contributed by atoms with E-state index >= 15 is 0 Å². The predicted octanol–water partition coefficient (Wildman–Crippen LogP) is 5.92. The summed E-state index contributed by atoms with van der Waals surface area (Å²) in [5.41, 5.74) is 1.25. The zero-order valence-corrected chi connectivity index (χ0v) is 37.8. The van der Waals surface area contributed by atoms with E-state index in [-0.39, 0.29) is 85.0 Å². The van der Waals surface area contributed by atoms with Crippen molar-refractivity contribution >= 4 is 45.4 Å². The number of carbonyl (C=O) groups excluding carboxylic acids is 4. The number of fused-ring (bicyclic) bond motifs is 2. The summed E-state index contributed by atoms with van der Waals surface area (Å²) in [6, 6.07) is 17.9. The lowest BCUT2D eigenvalue weighted by molar-refractivity contribution is -0.148. The summed E-state index contributed by atoms with van der Waals surface area (Å²) in [4.78, 5) is 47.8. The van der Waals surface area contributed by atoms with E-state index in [0.717, 1.165) is 10.8 Å². The largest absolute Gasteiger partial charge is 0.491 e. The summed E-state index contributed by atoms with van der Waals surface area (Å²) in [6.45, 7) is 5.59. The van der Waals surface area contributed by atoms with E-state index in [0.29, 0.717) is 70.6 Å². The number of hydrogen-bond acceptors (Lipinski definition) is 16. The SMILES string of the molecule is CCCC(=O)OCC(O)COc1ccc2ccc(OCC(O)COC(=O)CCC)c(Cc3c(OCC(O)COC(=O)CCC)ccc4ccc(OCC(O)COC(=O)CCC)cc34)c2c1. The maximum absolute atomic E-state index is 12.0. The number of ether oxygens (including phenoxy) is 8. The third-order valence-corrected chi connectivity index (χ3v) is 9.79. The smallest absolute Gasteiger partial charge is 0.305 e. The first-order chi connectivity index (χ1) is 31.3. The molecular weight excluding hydrogens is 845 g/mol. The van der Waals surface area contributed by atoms with E-state index in [9.17, 15) is 39.6 Å². The molecule has 0 aliphatic rings. The summed E-state index contributed by atoms with van der Waals surface area (Å²) in [6.07, 6.45) is -1.05. The summed E-state index contributed by atoms with van der Waals surface area (Å²) < 4.78 is 45.2. The Labute approximate surface area is 379 Å². The van der Waals surface area contributed by atoms with E-state index < -0.39 is 48.3 Å². The number of aliphatic hydroxyl groups is 4. The molecule has 4 aromatic carbocycles. The highest BCUT2D eigenvalue weighted by Gasteiger charge is 2.21. The minimum Gasteiger partial charge on any atom is -0.491 e. The standard InChI is InChI=1S/C49H64O16/c1-5-9-46(54)62-28-34(50)24-58-38-17-13-32-15-19-44(60-26-36(52)30-64-48(56)11-7-3)42(40(32)21-38)23-43-41-22-39(59-25-35(51)29-63-47(55)10-6-2)18-14-33(41)16-20-45(43)61-27-37(53)31-65-49(57)12-8-4/h13-22,34-37,50-53H,5-12,23-31H2,1-4H3. The predicted molar refractivity (Wildman–Crippen MR) is 240 cm³/mol. The molecule has 0 fully saturated rings. The van der Waals surface area contributed by atoms with Gasteiger partial charge < -0.3 is 58.3 Å². The van der Waals surface area contributed by atoms with Crippen molar-refractivity contribution in [3.05, 3.63) is 71.8 Å². The molecule has 0 bridgehead atoms. The van der Waals surface area contributed by atoms with Gasteiger partial charge in [0.25, 0.3) is 0 Å². The van der Waals surface area contributed by atoms with Crippen LogP contribution >= 0.6 is 0 Å². The quantitative estimate of drug-likeness (QED) is 0.0352. The molecular formula is C49H64O16. The summed E-state index contributed by atoms with van der Waals surface area (Å²) in [5.74, 6) is -0.175. The van der Waals surface area contributed by atoms with Crippen LogP contribution in [0.1, 0.15) is 90.2 Å². The summed E-state index contributed by atoms with van der Waals surface area (Å²) >= 11 is 0. The average Bonchev–Trinajstić information content (AvgIpc) is 3.29. The Morgan fingerprint density at radius 3 is 1.02 bits per heavy atom. The second kappa shape index (κ2) is 27.6. The van der Waals surface area contributed by atoms with E-state index in [4.69, 9.17) is 37.9 Å². The van der Waals surface area contributed by atoms with Crippen LogP contribution in [0.5, 0.6) is 23.0 Å². The van der Waals surface area contributed by atoms with Gasteiger partial charge in [-0.25, -0.2) is 0 Å². The number of esters is 4. The van der Waals surface area contributed by atoms with Gasteiger partial charge in [-0.2, -0.15) is 0 Å². The molecule has 0 spiro atoms. The summed E-state index contributed by atoms with van der Waals surface area (Å²) in [5, 5.41) is 45.6. The lowest BCUT2D eigenvalue weighted by Gasteiger charge is -2.21. The topological polar surface area (TPSA) is 223 Å². The van der Waals surface area contributed by atoms with Gasteiger partial charge in [0.2, 0.25) is 0 Å². The Bertz CT molecular complexity index is 1980. The maximum Gasteiger partial charge on any atom is 0.305 e. The van der Waals surface area contributed by atoms with Crippen LogP contribution in [-0.4, -0.2) is 122 Å². The van der Waals surface area contributed by atoms with Crippen molar-refractivity contribution in [2.24, 2.45) is 0 Å². The number of benzene rings is 4. The van der Waals surface area contributed by atoms with E-state index in [2.05, 4.69) is 0 Å². The molecule has 4 unspecified atom stereocenters. The van der Waals surface area contributed by atoms with E-state index in [1.165, 1.54) is 0 Å². The van der Waals surface area contributed by atoms with Crippen LogP contribution in [0.4, 0.5) is 0 Å². The van der Waals surface area contributed by atoms with Crippen molar-refractivity contribution in [1.82, 2.24) is 0 Å². The van der Waals surface area contributed by atoms with Gasteiger partial charge in [-0.15, -0.1) is 0 Å². The van der Waals surface area contributed by atoms with Gasteiger partial charge in [-0.3, -0.25) is 19.2 Å². The molecule has 0 aliphatic carbocycles. The van der Waals surface area contributed by atoms with Crippen molar-refractivity contribution in [3.8, 4) is 23.0 Å². The molecule has 4 rings (SSSR count). The molecule has 16 heteroatoms. The molecule has 0 amide bonds. The Morgan fingerprint density at radius 1 is 0.415 bits per heavy atom. The number of carbonyl (C=O) groups is 4. The fourth-order valence-electron chi connectivity index (χ4n) is 6.48. The van der Waals surface area contributed by atoms with E-state index in [1.54, 1.807) is 36.4 Å². The zero-order valence-electron chi connectivity index (χ0n) is 37.8. The molecule has 0 radical (unpaired) electrons. The van der Waals surface area contributed by atoms with Crippen molar-refractivity contribution < 1.29 is 77.5 Å². The third-order valence-electron chi connectivity index (χ3n) is 9.79. The van der Waals surface area contributed by atoms with Gasteiger partial charge in [-0.1, -0.05) is 52.0 Å². The van der Waals surface area contributed by atoms with Crippen LogP contribution in [0.2, 0.25) is 0 Å². The van der Waals surface area contributed by atoms with Crippen molar-refractivity contribution in [1.29, 1.82) is 0 Å². The monoisotopic (exact) mass is 908 g/mol. The van der Waals surface area contributed by atoms with Gasteiger partial charge >= 0.3 is 23.9 Å². The summed E-state index contributed by atoms with van der Waals surface area (Å²) in [7, 11) is 0. The normalized spacial score (nSPS) is 13.0. The van der Waals surface area contributed by atoms with Crippen LogP contribution in [0.3, 0.4) is 0 Å². The lowest BCUT2D eigenvalue weighted by Crippen LogP contribution is -2.25. The van der Waals surface area contributed by atoms with Crippen LogP contribution in [0, 0.1) is 0 Å². The Morgan fingerprint density at radius 2 is 0.708 bits per heavy atom. The third kappa shape index (κ3) is 17.7. The van der Waals surface area contributed by atoms with Crippen molar-refractivity contribution in [3.63, 3.8) is 0 Å². The maximum atomic E-state index is 12.0. The zero-order chi connectivity index (χ0) is 47.1. The van der Waals surface area contributed by atoms with Gasteiger partial charge in [0, 0.05) is 43.2 Å². The van der Waals surface area contributed by atoms with Gasteiger partial charge in [0.05, 0.1) is 0 Å². The van der Waals surface area contributed by atoms with Crippen molar-refractivity contribution in [2.45, 2.75) is 110 Å². The van der Waals surface area contributed by atoms with Crippen LogP contribution in [0.15, 0.2) is 60.7 Å². The molecule has 356 valence electrons. The molecule has 16 nitrogen and oxygen atoms in total. The molecule has 0 saturated carbocycles. The first-order valence-electron chi connectivity index (χ1n) is 22.3. The van der Waals surface area contributed by atoms with Crippen LogP contribution in [-0.2, 0) is 44.5 Å². The Hall–Kier alpha value is -5.68. The highest BCUT2D eigenvalue weighted by Crippen LogP contribution is 2.38. The van der Waals surface area contributed by atoms with Crippen LogP contribution in [0.25, 0.3) is 21.5 Å². The molecule has 0 saturated heterocycles. The van der Waals surface area contributed by atoms with Crippen molar-refractivity contribution in [2.75, 3.05) is 52.9 Å². The molecule has 65 heavy (non-hydrogen) atoms. The highest BCUT2D eigenvalue weighted by atomic mass is 16.6. The number of rotatable bonds is 30. The highest BCUT2D eigenvalue weighted by molar-refractivity contribution is 5.93. The molecule has 0 aromatic heterocycles. The second-order valence-corrected chi connectivity index (χ2v) is 15.6. The minimum absolute atomic E-state index is 0.126. The van der Waals surface area contributed by atoms with Crippen LogP contribution < -0.4 is 18.9 Å². The number of aliphatic hydroxyl groups excluding tert-OH is 4. The molecule has 4 aromatic rings. The number of hydrogen-bond donors (Lipinski definition) is 4. The first kappa shape index (κ1) is 51.9. The fourth-order valence-corrected chi connectivity index (χ4v) is 6.48. The molecule has 0 heterocycles. The van der Waals surface area contributed by atoms with Gasteiger partial charge in [0.1, 0.15) is 100 Å². The Kier molecular flexibility index (Phi) is 22.1. The molecule has 0 aliphatic heterocycles. The second-order valence-electron chi connectivity index (χ2n) is 15.6. The molecule has 4 N–H and O–H groups in total.